The number of benzene rings is 1. The van der Waals surface area contributed by atoms with E-state index in [4.69, 9.17) is 0 Å². The van der Waals surface area contributed by atoms with Crippen LogP contribution in [0.3, 0.4) is 0 Å². The number of carbonyl (C=O) groups excluding carboxylic acids is 2. The molecule has 27 heavy (non-hydrogen) atoms. The van der Waals surface area contributed by atoms with Crippen molar-refractivity contribution in [3.05, 3.63) is 57.8 Å². The number of rotatable bonds is 5. The summed E-state index contributed by atoms with van der Waals surface area (Å²) in [6.45, 7) is 2.87. The zero-order valence-electron chi connectivity index (χ0n) is 15.6. The van der Waals surface area contributed by atoms with Crippen LogP contribution in [0.15, 0.2) is 41.8 Å². The van der Waals surface area contributed by atoms with Gasteiger partial charge in [0.25, 0.3) is 0 Å². The van der Waals surface area contributed by atoms with Crippen LogP contribution in [0.25, 0.3) is 0 Å². The number of amides is 2. The highest BCUT2D eigenvalue weighted by Crippen LogP contribution is 2.27. The lowest BCUT2D eigenvalue weighted by Gasteiger charge is -2.36. The maximum Gasteiger partial charge on any atom is 0.227 e. The Bertz CT molecular complexity index is 802. The zero-order valence-corrected chi connectivity index (χ0v) is 16.4. The van der Waals surface area contributed by atoms with Gasteiger partial charge in [-0.3, -0.25) is 9.59 Å². The number of aryl methyl sites for hydroxylation is 1. The van der Waals surface area contributed by atoms with Gasteiger partial charge in [0.1, 0.15) is 0 Å². The lowest BCUT2D eigenvalue weighted by molar-refractivity contribution is -0.143. The second kappa shape index (κ2) is 8.26. The molecule has 1 unspecified atom stereocenters. The lowest BCUT2D eigenvalue weighted by Crippen LogP contribution is -2.48. The van der Waals surface area contributed by atoms with Gasteiger partial charge in [-0.15, -0.1) is 11.3 Å². The summed E-state index contributed by atoms with van der Waals surface area (Å²) in [4.78, 5) is 30.7. The molecule has 0 N–H and O–H groups in total. The van der Waals surface area contributed by atoms with E-state index in [0.29, 0.717) is 19.4 Å². The highest BCUT2D eigenvalue weighted by atomic mass is 32.1. The van der Waals surface area contributed by atoms with Crippen molar-refractivity contribution in [1.29, 1.82) is 0 Å². The van der Waals surface area contributed by atoms with E-state index >= 15 is 0 Å². The fourth-order valence-electron chi connectivity index (χ4n) is 4.15. The van der Waals surface area contributed by atoms with Gasteiger partial charge in [0.15, 0.2) is 0 Å². The number of likely N-dealkylation sites (tertiary alicyclic amines) is 1. The molecule has 3 heterocycles. The molecule has 2 aromatic rings. The molecule has 1 aromatic heterocycles. The van der Waals surface area contributed by atoms with Gasteiger partial charge in [-0.25, -0.2) is 0 Å². The summed E-state index contributed by atoms with van der Waals surface area (Å²) in [6.07, 6.45) is 4.07. The highest BCUT2D eigenvalue weighted by Gasteiger charge is 2.33. The van der Waals surface area contributed by atoms with Crippen molar-refractivity contribution in [3.8, 4) is 0 Å². The minimum absolute atomic E-state index is 0.0420. The molecule has 2 amide bonds. The molecule has 4 nitrogen and oxygen atoms in total. The Kier molecular flexibility index (Phi) is 5.58. The predicted octanol–water partition coefficient (Wildman–Crippen LogP) is 3.50. The molecule has 1 fully saturated rings. The van der Waals surface area contributed by atoms with Crippen LogP contribution in [-0.4, -0.2) is 41.2 Å². The third-order valence-corrected chi connectivity index (χ3v) is 6.73. The fourth-order valence-corrected chi connectivity index (χ4v) is 5.04. The summed E-state index contributed by atoms with van der Waals surface area (Å²) in [7, 11) is 0. The molecule has 4 rings (SSSR count). The first-order chi connectivity index (χ1) is 13.2. The van der Waals surface area contributed by atoms with Crippen molar-refractivity contribution in [1.82, 2.24) is 9.80 Å². The van der Waals surface area contributed by atoms with Crippen molar-refractivity contribution >= 4 is 23.2 Å². The first kappa shape index (κ1) is 18.2. The number of hydrogen-bond donors (Lipinski definition) is 0. The van der Waals surface area contributed by atoms with Gasteiger partial charge in [0.2, 0.25) is 11.8 Å². The Morgan fingerprint density at radius 3 is 2.85 bits per heavy atom. The molecule has 0 bridgehead atoms. The molecule has 0 aliphatic carbocycles. The van der Waals surface area contributed by atoms with Crippen LogP contribution in [0.2, 0.25) is 0 Å². The summed E-state index contributed by atoms with van der Waals surface area (Å²) in [6, 6.07) is 12.5. The van der Waals surface area contributed by atoms with Crippen LogP contribution in [-0.2, 0) is 29.0 Å². The summed E-state index contributed by atoms with van der Waals surface area (Å²) < 4.78 is 0. The molecule has 1 atom stereocenters. The normalized spacial score (nSPS) is 19.9. The third kappa shape index (κ3) is 4.24. The Morgan fingerprint density at radius 1 is 1.15 bits per heavy atom. The molecule has 2 aliphatic rings. The van der Waals surface area contributed by atoms with Gasteiger partial charge in [-0.05, 0) is 48.3 Å². The van der Waals surface area contributed by atoms with Crippen LogP contribution in [0.5, 0.6) is 0 Å². The van der Waals surface area contributed by atoms with Gasteiger partial charge < -0.3 is 9.80 Å². The molecule has 1 saturated heterocycles. The minimum Gasteiger partial charge on any atom is -0.342 e. The smallest absolute Gasteiger partial charge is 0.227 e. The summed E-state index contributed by atoms with van der Waals surface area (Å²) in [5, 5.41) is 2.12. The average Bonchev–Trinajstić information content (AvgIpc) is 3.17. The van der Waals surface area contributed by atoms with Crippen LogP contribution in [0.1, 0.15) is 35.3 Å². The van der Waals surface area contributed by atoms with Crippen molar-refractivity contribution < 1.29 is 9.59 Å². The maximum atomic E-state index is 13.0. The van der Waals surface area contributed by atoms with Crippen molar-refractivity contribution in [2.45, 2.75) is 38.6 Å². The Labute approximate surface area is 164 Å². The third-order valence-electron chi connectivity index (χ3n) is 5.71. The van der Waals surface area contributed by atoms with Gasteiger partial charge in [0.05, 0.1) is 5.92 Å². The SMILES string of the molecule is O=C1CCC(C(=O)N2CCc3sccc3C2)CN1CCCc1ccccc1. The molecule has 5 heteroatoms. The van der Waals surface area contributed by atoms with E-state index in [1.807, 2.05) is 28.0 Å². The molecular formula is C22H26N2O2S. The monoisotopic (exact) mass is 382 g/mol. The largest absolute Gasteiger partial charge is 0.342 e. The molecule has 0 saturated carbocycles. The number of nitrogens with zero attached hydrogens (tertiary/aromatic N) is 2. The van der Waals surface area contributed by atoms with E-state index < -0.39 is 0 Å². The first-order valence-corrected chi connectivity index (χ1v) is 10.7. The summed E-state index contributed by atoms with van der Waals surface area (Å²) in [5.41, 5.74) is 2.60. The lowest BCUT2D eigenvalue weighted by atomic mass is 9.94. The van der Waals surface area contributed by atoms with Gasteiger partial charge >= 0.3 is 0 Å². The Hall–Kier alpha value is -2.14. The zero-order chi connectivity index (χ0) is 18.6. The standard InChI is InChI=1S/C22H26N2O2S/c25-21-9-8-19(16-23(21)12-4-7-17-5-2-1-3-6-17)22(26)24-13-10-20-18(15-24)11-14-27-20/h1-3,5-6,11,14,19H,4,7-10,12-13,15-16H2. The molecule has 2 aliphatic heterocycles. The van der Waals surface area contributed by atoms with E-state index in [0.717, 1.165) is 38.9 Å². The number of piperidine rings is 1. The van der Waals surface area contributed by atoms with Crippen LogP contribution >= 0.6 is 11.3 Å². The maximum absolute atomic E-state index is 13.0. The topological polar surface area (TPSA) is 40.6 Å². The number of thiophene rings is 1. The summed E-state index contributed by atoms with van der Waals surface area (Å²) in [5.74, 6) is 0.387. The van der Waals surface area contributed by atoms with Crippen molar-refractivity contribution in [2.24, 2.45) is 5.92 Å². The molecule has 1 aromatic carbocycles. The van der Waals surface area contributed by atoms with E-state index in [1.165, 1.54) is 16.0 Å². The second-order valence-electron chi connectivity index (χ2n) is 7.54. The van der Waals surface area contributed by atoms with Crippen molar-refractivity contribution in [2.75, 3.05) is 19.6 Å². The molecule has 142 valence electrons. The van der Waals surface area contributed by atoms with Crippen LogP contribution < -0.4 is 0 Å². The highest BCUT2D eigenvalue weighted by molar-refractivity contribution is 7.10. The van der Waals surface area contributed by atoms with E-state index in [9.17, 15) is 9.59 Å². The second-order valence-corrected chi connectivity index (χ2v) is 8.54. The van der Waals surface area contributed by atoms with E-state index in [-0.39, 0.29) is 17.7 Å². The Balaban J connectivity index is 1.31. The summed E-state index contributed by atoms with van der Waals surface area (Å²) >= 11 is 1.79. The van der Waals surface area contributed by atoms with Crippen LogP contribution in [0.4, 0.5) is 0 Å². The molecule has 0 spiro atoms. The van der Waals surface area contributed by atoms with Gasteiger partial charge in [0, 0.05) is 37.5 Å². The Morgan fingerprint density at radius 2 is 2.00 bits per heavy atom. The number of carbonyl (C=O) groups is 2. The number of hydrogen-bond acceptors (Lipinski definition) is 3. The quantitative estimate of drug-likeness (QED) is 0.794. The predicted molar refractivity (Wildman–Crippen MR) is 108 cm³/mol. The number of fused-ring (bicyclic) bond motifs is 1. The minimum atomic E-state index is -0.0420. The fraction of sp³-hybridized carbons (Fsp3) is 0.455. The first-order valence-electron chi connectivity index (χ1n) is 9.86. The van der Waals surface area contributed by atoms with E-state index in [2.05, 4.69) is 23.6 Å². The van der Waals surface area contributed by atoms with Gasteiger partial charge in [-0.1, -0.05) is 30.3 Å². The molecule has 0 radical (unpaired) electrons. The van der Waals surface area contributed by atoms with Gasteiger partial charge in [-0.2, -0.15) is 0 Å². The van der Waals surface area contributed by atoms with E-state index in [1.54, 1.807) is 11.3 Å². The van der Waals surface area contributed by atoms with Crippen molar-refractivity contribution in [3.63, 3.8) is 0 Å². The average molecular weight is 383 g/mol. The molecular weight excluding hydrogens is 356 g/mol. The van der Waals surface area contributed by atoms with Crippen LogP contribution in [0, 0.1) is 5.92 Å².